The summed E-state index contributed by atoms with van der Waals surface area (Å²) < 4.78 is 5.28. The first-order valence-electron chi connectivity index (χ1n) is 8.17. The van der Waals surface area contributed by atoms with Crippen LogP contribution in [0.5, 0.6) is 0 Å². The second-order valence-corrected chi connectivity index (χ2v) is 6.15. The average molecular weight is 367 g/mol. The van der Waals surface area contributed by atoms with E-state index in [1.54, 1.807) is 12.1 Å². The highest BCUT2D eigenvalue weighted by Crippen LogP contribution is 2.19. The third-order valence-electron chi connectivity index (χ3n) is 3.92. The molecule has 0 unspecified atom stereocenters. The van der Waals surface area contributed by atoms with E-state index in [2.05, 4.69) is 44.6 Å². The average Bonchev–Trinajstić information content (AvgIpc) is 3.33. The van der Waals surface area contributed by atoms with E-state index in [-0.39, 0.29) is 6.54 Å². The van der Waals surface area contributed by atoms with E-state index in [9.17, 15) is 0 Å². The largest absolute Gasteiger partial charge is 0.337 e. The summed E-state index contributed by atoms with van der Waals surface area (Å²) in [6, 6.07) is 15.3. The molecule has 0 atom stereocenters. The molecular weight excluding hydrogens is 352 g/mol. The van der Waals surface area contributed by atoms with Crippen LogP contribution in [0.4, 0.5) is 0 Å². The van der Waals surface area contributed by atoms with Crippen LogP contribution in [0.2, 0.25) is 5.02 Å². The molecule has 2 aromatic heterocycles. The smallest absolute Gasteiger partial charge is 0.250 e. The highest BCUT2D eigenvalue weighted by atomic mass is 35.5. The Hall–Kier alpha value is -3.06. The number of halogens is 1. The van der Waals surface area contributed by atoms with Crippen LogP contribution in [0.3, 0.4) is 0 Å². The number of aryl methyl sites for hydroxylation is 1. The van der Waals surface area contributed by atoms with Gasteiger partial charge in [-0.15, -0.1) is 10.2 Å². The fraction of sp³-hybridized carbons (Fsp3) is 0.167. The molecular formula is C18H15ClN6O. The van der Waals surface area contributed by atoms with Gasteiger partial charge in [-0.3, -0.25) is 0 Å². The van der Waals surface area contributed by atoms with E-state index in [1.807, 2.05) is 24.3 Å². The van der Waals surface area contributed by atoms with Crippen molar-refractivity contribution in [2.75, 3.05) is 0 Å². The molecule has 0 saturated carbocycles. The SMILES string of the molecule is CCc1ccc(-c2nnn(Cc3nc(-c4ccc(Cl)cc4)no3)n2)cc1. The van der Waals surface area contributed by atoms with Crippen LogP contribution in [-0.4, -0.2) is 30.3 Å². The Morgan fingerprint density at radius 1 is 0.962 bits per heavy atom. The zero-order chi connectivity index (χ0) is 17.9. The van der Waals surface area contributed by atoms with Crippen LogP contribution in [0.1, 0.15) is 18.4 Å². The van der Waals surface area contributed by atoms with E-state index in [1.165, 1.54) is 10.4 Å². The summed E-state index contributed by atoms with van der Waals surface area (Å²) in [5.74, 6) is 1.46. The van der Waals surface area contributed by atoms with Gasteiger partial charge in [-0.05, 0) is 41.5 Å². The third kappa shape index (κ3) is 3.48. The molecule has 2 aromatic carbocycles. The zero-order valence-electron chi connectivity index (χ0n) is 14.0. The maximum atomic E-state index is 5.89. The molecule has 0 amide bonds. The topological polar surface area (TPSA) is 82.5 Å². The van der Waals surface area contributed by atoms with Gasteiger partial charge in [0, 0.05) is 16.1 Å². The van der Waals surface area contributed by atoms with Gasteiger partial charge in [0.25, 0.3) is 5.89 Å². The summed E-state index contributed by atoms with van der Waals surface area (Å²) in [7, 11) is 0. The predicted octanol–water partition coefficient (Wildman–Crippen LogP) is 3.65. The van der Waals surface area contributed by atoms with Gasteiger partial charge >= 0.3 is 0 Å². The molecule has 0 spiro atoms. The molecule has 0 aliphatic heterocycles. The Bertz CT molecular complexity index is 1010. The van der Waals surface area contributed by atoms with E-state index in [0.29, 0.717) is 22.6 Å². The van der Waals surface area contributed by atoms with Gasteiger partial charge in [0.15, 0.2) is 0 Å². The van der Waals surface area contributed by atoms with E-state index < -0.39 is 0 Å². The lowest BCUT2D eigenvalue weighted by Crippen LogP contribution is -2.04. The number of rotatable bonds is 5. The Balaban J connectivity index is 1.49. The van der Waals surface area contributed by atoms with Crippen LogP contribution in [-0.2, 0) is 13.0 Å². The van der Waals surface area contributed by atoms with E-state index >= 15 is 0 Å². The molecule has 0 aliphatic carbocycles. The lowest BCUT2D eigenvalue weighted by Gasteiger charge is -1.97. The minimum atomic E-state index is 0.251. The number of benzene rings is 2. The number of hydrogen-bond acceptors (Lipinski definition) is 6. The molecule has 2 heterocycles. The van der Waals surface area contributed by atoms with Crippen LogP contribution < -0.4 is 0 Å². The van der Waals surface area contributed by atoms with Gasteiger partial charge in [0.2, 0.25) is 11.6 Å². The lowest BCUT2D eigenvalue weighted by atomic mass is 10.1. The third-order valence-corrected chi connectivity index (χ3v) is 4.17. The summed E-state index contributed by atoms with van der Waals surface area (Å²) in [5.41, 5.74) is 3.01. The van der Waals surface area contributed by atoms with Crippen molar-refractivity contribution in [3.63, 3.8) is 0 Å². The Morgan fingerprint density at radius 2 is 1.65 bits per heavy atom. The number of hydrogen-bond donors (Lipinski definition) is 0. The first-order chi connectivity index (χ1) is 12.7. The molecule has 7 nitrogen and oxygen atoms in total. The number of aromatic nitrogens is 6. The summed E-state index contributed by atoms with van der Waals surface area (Å²) in [4.78, 5) is 5.79. The minimum Gasteiger partial charge on any atom is -0.337 e. The van der Waals surface area contributed by atoms with Crippen molar-refractivity contribution >= 4 is 11.6 Å². The van der Waals surface area contributed by atoms with Crippen molar-refractivity contribution in [2.45, 2.75) is 19.9 Å². The first kappa shape index (κ1) is 16.4. The maximum absolute atomic E-state index is 5.89. The number of tetrazole rings is 1. The van der Waals surface area contributed by atoms with Gasteiger partial charge in [0.05, 0.1) is 0 Å². The van der Waals surface area contributed by atoms with Gasteiger partial charge in [-0.25, -0.2) is 0 Å². The minimum absolute atomic E-state index is 0.251. The monoisotopic (exact) mass is 366 g/mol. The highest BCUT2D eigenvalue weighted by Gasteiger charge is 2.12. The standard InChI is InChI=1S/C18H15ClN6O/c1-2-12-3-5-14(6-4-12)18-21-24-25(22-18)11-16-20-17(23-26-16)13-7-9-15(19)10-8-13/h3-10H,2,11H2,1H3. The van der Waals surface area contributed by atoms with Crippen molar-refractivity contribution in [3.8, 4) is 22.8 Å². The summed E-state index contributed by atoms with van der Waals surface area (Å²) >= 11 is 5.89. The molecule has 4 rings (SSSR count). The maximum Gasteiger partial charge on any atom is 0.250 e. The molecule has 0 saturated heterocycles. The Kier molecular flexibility index (Phi) is 4.45. The molecule has 4 aromatic rings. The molecule has 0 radical (unpaired) electrons. The van der Waals surface area contributed by atoms with Crippen molar-refractivity contribution in [2.24, 2.45) is 0 Å². The van der Waals surface area contributed by atoms with Gasteiger partial charge in [-0.2, -0.15) is 9.78 Å². The zero-order valence-corrected chi connectivity index (χ0v) is 14.8. The lowest BCUT2D eigenvalue weighted by molar-refractivity contribution is 0.356. The normalized spacial score (nSPS) is 11.0. The number of nitrogens with zero attached hydrogens (tertiary/aromatic N) is 6. The van der Waals surface area contributed by atoms with Crippen LogP contribution in [0, 0.1) is 0 Å². The van der Waals surface area contributed by atoms with E-state index in [0.717, 1.165) is 17.5 Å². The van der Waals surface area contributed by atoms with Crippen molar-refractivity contribution in [3.05, 3.63) is 65.0 Å². The summed E-state index contributed by atoms with van der Waals surface area (Å²) in [6.07, 6.45) is 0.994. The molecule has 8 heteroatoms. The molecule has 130 valence electrons. The van der Waals surface area contributed by atoms with Crippen molar-refractivity contribution < 1.29 is 4.52 Å². The fourth-order valence-corrected chi connectivity index (χ4v) is 2.60. The van der Waals surface area contributed by atoms with Gasteiger partial charge < -0.3 is 4.52 Å². The Morgan fingerprint density at radius 3 is 2.38 bits per heavy atom. The Labute approximate surface area is 154 Å². The van der Waals surface area contributed by atoms with Crippen LogP contribution in [0.15, 0.2) is 53.1 Å². The van der Waals surface area contributed by atoms with Gasteiger partial charge in [0.1, 0.15) is 6.54 Å². The highest BCUT2D eigenvalue weighted by molar-refractivity contribution is 6.30. The summed E-state index contributed by atoms with van der Waals surface area (Å²) in [6.45, 7) is 2.37. The second-order valence-electron chi connectivity index (χ2n) is 5.71. The van der Waals surface area contributed by atoms with Gasteiger partial charge in [-0.1, -0.05) is 47.9 Å². The quantitative estimate of drug-likeness (QED) is 0.536. The van der Waals surface area contributed by atoms with Crippen LogP contribution >= 0.6 is 11.6 Å². The molecule has 26 heavy (non-hydrogen) atoms. The molecule has 0 N–H and O–H groups in total. The van der Waals surface area contributed by atoms with Crippen molar-refractivity contribution in [1.29, 1.82) is 0 Å². The fourth-order valence-electron chi connectivity index (χ4n) is 2.47. The van der Waals surface area contributed by atoms with E-state index in [4.69, 9.17) is 16.1 Å². The second kappa shape index (κ2) is 7.05. The van der Waals surface area contributed by atoms with Crippen molar-refractivity contribution in [1.82, 2.24) is 30.3 Å². The molecule has 0 bridgehead atoms. The first-order valence-corrected chi connectivity index (χ1v) is 8.54. The van der Waals surface area contributed by atoms with Crippen LogP contribution in [0.25, 0.3) is 22.8 Å². The molecule has 0 aliphatic rings. The predicted molar refractivity (Wildman–Crippen MR) is 96.5 cm³/mol. The summed E-state index contributed by atoms with van der Waals surface area (Å²) in [5, 5.41) is 17.2. The molecule has 0 fully saturated rings.